The highest BCUT2D eigenvalue weighted by atomic mass is 16.5. The van der Waals surface area contributed by atoms with Crippen LogP contribution in [0.4, 0.5) is 11.4 Å². The molecule has 2 aromatic rings. The standard InChI is InChI=1S/C21H28N2O2/c1-5-16-10-9-11-17(6-2)21(16)23-20(24)14-22-18-12-7-8-13-19(18)25-15(3)4/h7-13,15,22H,5-6,14H2,1-4H3,(H,23,24). The molecule has 2 N–H and O–H groups in total. The molecule has 0 radical (unpaired) electrons. The van der Waals surface area contributed by atoms with Crippen LogP contribution in [0.2, 0.25) is 0 Å². The van der Waals surface area contributed by atoms with E-state index in [-0.39, 0.29) is 18.6 Å². The molecule has 134 valence electrons. The first kappa shape index (κ1) is 18.8. The maximum Gasteiger partial charge on any atom is 0.243 e. The number of aryl methyl sites for hydroxylation is 2. The first-order valence-electron chi connectivity index (χ1n) is 8.95. The van der Waals surface area contributed by atoms with Gasteiger partial charge in [0.2, 0.25) is 5.91 Å². The van der Waals surface area contributed by atoms with Crippen LogP contribution in [0, 0.1) is 0 Å². The van der Waals surface area contributed by atoms with Gasteiger partial charge in [0.1, 0.15) is 5.75 Å². The van der Waals surface area contributed by atoms with Gasteiger partial charge in [-0.1, -0.05) is 44.2 Å². The van der Waals surface area contributed by atoms with Crippen molar-refractivity contribution in [1.29, 1.82) is 0 Å². The monoisotopic (exact) mass is 340 g/mol. The van der Waals surface area contributed by atoms with E-state index in [0.717, 1.165) is 41.1 Å². The SMILES string of the molecule is CCc1cccc(CC)c1NC(=O)CNc1ccccc1OC(C)C. The Labute approximate surface area is 150 Å². The number of amides is 1. The second-order valence-corrected chi connectivity index (χ2v) is 6.22. The number of ether oxygens (including phenoxy) is 1. The molecule has 0 unspecified atom stereocenters. The fraction of sp³-hybridized carbons (Fsp3) is 0.381. The normalized spacial score (nSPS) is 10.6. The largest absolute Gasteiger partial charge is 0.489 e. The van der Waals surface area contributed by atoms with Crippen molar-refractivity contribution in [2.24, 2.45) is 0 Å². The van der Waals surface area contributed by atoms with E-state index < -0.39 is 0 Å². The van der Waals surface area contributed by atoms with Crippen molar-refractivity contribution < 1.29 is 9.53 Å². The highest BCUT2D eigenvalue weighted by Crippen LogP contribution is 2.25. The highest BCUT2D eigenvalue weighted by Gasteiger charge is 2.11. The third-order valence-corrected chi connectivity index (χ3v) is 3.95. The van der Waals surface area contributed by atoms with Gasteiger partial charge in [-0.2, -0.15) is 0 Å². The number of benzene rings is 2. The first-order valence-corrected chi connectivity index (χ1v) is 8.95. The van der Waals surface area contributed by atoms with Gasteiger partial charge >= 0.3 is 0 Å². The topological polar surface area (TPSA) is 50.4 Å². The van der Waals surface area contributed by atoms with Crippen LogP contribution in [0.15, 0.2) is 42.5 Å². The van der Waals surface area contributed by atoms with Crippen molar-refractivity contribution in [3.05, 3.63) is 53.6 Å². The second kappa shape index (κ2) is 9.11. The van der Waals surface area contributed by atoms with Crippen LogP contribution in [-0.4, -0.2) is 18.6 Å². The van der Waals surface area contributed by atoms with Crippen LogP contribution in [-0.2, 0) is 17.6 Å². The third kappa shape index (κ3) is 5.24. The Bertz CT molecular complexity index is 689. The number of hydrogen-bond donors (Lipinski definition) is 2. The summed E-state index contributed by atoms with van der Waals surface area (Å²) in [6.07, 6.45) is 1.87. The third-order valence-electron chi connectivity index (χ3n) is 3.95. The van der Waals surface area contributed by atoms with E-state index in [0.29, 0.717) is 0 Å². The van der Waals surface area contributed by atoms with E-state index in [1.54, 1.807) is 0 Å². The fourth-order valence-electron chi connectivity index (χ4n) is 2.73. The minimum absolute atomic E-state index is 0.0602. The van der Waals surface area contributed by atoms with Crippen LogP contribution in [0.5, 0.6) is 5.75 Å². The molecule has 0 atom stereocenters. The average Bonchev–Trinajstić information content (AvgIpc) is 2.60. The Morgan fingerprint density at radius 3 is 2.24 bits per heavy atom. The predicted molar refractivity (Wildman–Crippen MR) is 105 cm³/mol. The minimum atomic E-state index is -0.0602. The maximum absolute atomic E-state index is 12.4. The summed E-state index contributed by atoms with van der Waals surface area (Å²) in [7, 11) is 0. The summed E-state index contributed by atoms with van der Waals surface area (Å²) in [5.41, 5.74) is 4.10. The molecular formula is C21H28N2O2. The molecule has 2 aromatic carbocycles. The number of para-hydroxylation sites is 3. The number of anilines is 2. The van der Waals surface area contributed by atoms with Gasteiger partial charge in [0.25, 0.3) is 0 Å². The van der Waals surface area contributed by atoms with E-state index in [1.807, 2.05) is 44.2 Å². The van der Waals surface area contributed by atoms with E-state index >= 15 is 0 Å². The van der Waals surface area contributed by atoms with Crippen LogP contribution in [0.3, 0.4) is 0 Å². The summed E-state index contributed by atoms with van der Waals surface area (Å²) in [5, 5.41) is 6.25. The van der Waals surface area contributed by atoms with E-state index in [9.17, 15) is 4.79 Å². The van der Waals surface area contributed by atoms with Gasteiger partial charge < -0.3 is 15.4 Å². The molecule has 0 saturated carbocycles. The van der Waals surface area contributed by atoms with Crippen molar-refractivity contribution in [2.45, 2.75) is 46.6 Å². The molecule has 1 amide bonds. The summed E-state index contributed by atoms with van der Waals surface area (Å²) in [6, 6.07) is 13.8. The fourth-order valence-corrected chi connectivity index (χ4v) is 2.73. The average molecular weight is 340 g/mol. The van der Waals surface area contributed by atoms with Gasteiger partial charge in [0.05, 0.1) is 18.3 Å². The van der Waals surface area contributed by atoms with Crippen molar-refractivity contribution in [3.63, 3.8) is 0 Å². The Morgan fingerprint density at radius 1 is 1.00 bits per heavy atom. The Kier molecular flexibility index (Phi) is 6.87. The molecule has 0 saturated heterocycles. The van der Waals surface area contributed by atoms with E-state index in [2.05, 4.69) is 36.6 Å². The van der Waals surface area contributed by atoms with Gasteiger partial charge in [-0.3, -0.25) is 4.79 Å². The first-order chi connectivity index (χ1) is 12.0. The van der Waals surface area contributed by atoms with Crippen molar-refractivity contribution in [1.82, 2.24) is 0 Å². The molecule has 0 bridgehead atoms. The Morgan fingerprint density at radius 2 is 1.64 bits per heavy atom. The molecular weight excluding hydrogens is 312 g/mol. The highest BCUT2D eigenvalue weighted by molar-refractivity contribution is 5.95. The van der Waals surface area contributed by atoms with Gasteiger partial charge in [-0.25, -0.2) is 0 Å². The quantitative estimate of drug-likeness (QED) is 0.735. The van der Waals surface area contributed by atoms with Gasteiger partial charge in [-0.05, 0) is 49.9 Å². The summed E-state index contributed by atoms with van der Waals surface area (Å²) < 4.78 is 5.77. The summed E-state index contributed by atoms with van der Waals surface area (Å²) in [5.74, 6) is 0.698. The summed E-state index contributed by atoms with van der Waals surface area (Å²) in [4.78, 5) is 12.4. The van der Waals surface area contributed by atoms with Gasteiger partial charge in [0.15, 0.2) is 0 Å². The number of hydrogen-bond acceptors (Lipinski definition) is 3. The molecule has 0 aliphatic rings. The van der Waals surface area contributed by atoms with Crippen LogP contribution in [0.1, 0.15) is 38.8 Å². The molecule has 0 fully saturated rings. The molecule has 0 aliphatic carbocycles. The van der Waals surface area contributed by atoms with Crippen LogP contribution >= 0.6 is 0 Å². The lowest BCUT2D eigenvalue weighted by Gasteiger charge is -2.17. The molecule has 4 nitrogen and oxygen atoms in total. The zero-order valence-corrected chi connectivity index (χ0v) is 15.6. The lowest BCUT2D eigenvalue weighted by Crippen LogP contribution is -2.23. The molecule has 0 aromatic heterocycles. The summed E-state index contributed by atoms with van der Waals surface area (Å²) in [6.45, 7) is 8.36. The van der Waals surface area contributed by atoms with Gasteiger partial charge in [-0.15, -0.1) is 0 Å². The molecule has 0 aliphatic heterocycles. The van der Waals surface area contributed by atoms with Crippen molar-refractivity contribution in [2.75, 3.05) is 17.2 Å². The molecule has 2 rings (SSSR count). The number of nitrogens with one attached hydrogen (secondary N) is 2. The molecule has 0 spiro atoms. The number of rotatable bonds is 8. The van der Waals surface area contributed by atoms with Crippen LogP contribution < -0.4 is 15.4 Å². The maximum atomic E-state index is 12.4. The molecule has 0 heterocycles. The smallest absolute Gasteiger partial charge is 0.243 e. The number of carbonyl (C=O) groups is 1. The predicted octanol–water partition coefficient (Wildman–Crippen LogP) is 4.65. The van der Waals surface area contributed by atoms with E-state index in [1.165, 1.54) is 0 Å². The molecule has 25 heavy (non-hydrogen) atoms. The zero-order chi connectivity index (χ0) is 18.2. The van der Waals surface area contributed by atoms with Crippen LogP contribution in [0.25, 0.3) is 0 Å². The Balaban J connectivity index is 2.05. The lowest BCUT2D eigenvalue weighted by atomic mass is 10.0. The van der Waals surface area contributed by atoms with Crippen molar-refractivity contribution >= 4 is 17.3 Å². The summed E-state index contributed by atoms with van der Waals surface area (Å²) >= 11 is 0. The minimum Gasteiger partial charge on any atom is -0.489 e. The van der Waals surface area contributed by atoms with Gasteiger partial charge in [0, 0.05) is 5.69 Å². The Hall–Kier alpha value is -2.49. The zero-order valence-electron chi connectivity index (χ0n) is 15.6. The lowest BCUT2D eigenvalue weighted by molar-refractivity contribution is -0.114. The second-order valence-electron chi connectivity index (χ2n) is 6.22. The molecule has 4 heteroatoms. The van der Waals surface area contributed by atoms with E-state index in [4.69, 9.17) is 4.74 Å². The van der Waals surface area contributed by atoms with Crippen molar-refractivity contribution in [3.8, 4) is 5.75 Å². The number of carbonyl (C=O) groups excluding carboxylic acids is 1.